The number of aryl methyl sites for hydroxylation is 1. The number of piperazine rings is 1. The molecule has 3 aliphatic heterocycles. The second-order valence-corrected chi connectivity index (χ2v) is 6.22. The lowest BCUT2D eigenvalue weighted by atomic mass is 9.87. The lowest BCUT2D eigenvalue weighted by Gasteiger charge is -2.56. The van der Waals surface area contributed by atoms with Crippen LogP contribution in [0.25, 0.3) is 0 Å². The summed E-state index contributed by atoms with van der Waals surface area (Å²) >= 11 is 0. The fourth-order valence-corrected chi connectivity index (χ4v) is 3.59. The Morgan fingerprint density at radius 1 is 1.23 bits per heavy atom. The summed E-state index contributed by atoms with van der Waals surface area (Å²) in [7, 11) is 1.93. The van der Waals surface area contributed by atoms with Crippen molar-refractivity contribution in [1.82, 2.24) is 29.5 Å². The Morgan fingerprint density at radius 2 is 2.05 bits per heavy atom. The lowest BCUT2D eigenvalue weighted by molar-refractivity contribution is -0.0792. The summed E-state index contributed by atoms with van der Waals surface area (Å²) in [6, 6.07) is 2.71. The molecule has 3 saturated heterocycles. The van der Waals surface area contributed by atoms with Crippen molar-refractivity contribution >= 4 is 0 Å². The number of nitrogens with zero attached hydrogens (tertiary/aromatic N) is 6. The highest BCUT2D eigenvalue weighted by atomic mass is 19.1. The zero-order valence-corrected chi connectivity index (χ0v) is 12.6. The summed E-state index contributed by atoms with van der Waals surface area (Å²) in [5, 5.41) is 4.13. The first-order valence-corrected chi connectivity index (χ1v) is 7.59. The van der Waals surface area contributed by atoms with Crippen LogP contribution in [0.5, 0.6) is 0 Å². The van der Waals surface area contributed by atoms with Gasteiger partial charge < -0.3 is 0 Å². The number of hydrogen-bond donors (Lipinski definition) is 0. The van der Waals surface area contributed by atoms with Crippen LogP contribution in [0.2, 0.25) is 0 Å². The Kier molecular flexibility index (Phi) is 3.38. The predicted molar refractivity (Wildman–Crippen MR) is 78.2 cm³/mol. The minimum absolute atomic E-state index is 0.261. The van der Waals surface area contributed by atoms with E-state index in [-0.39, 0.29) is 5.82 Å². The van der Waals surface area contributed by atoms with Crippen molar-refractivity contribution in [1.29, 1.82) is 0 Å². The molecule has 0 aliphatic carbocycles. The third-order valence-corrected chi connectivity index (χ3v) is 4.72. The molecule has 2 atom stereocenters. The average molecular weight is 302 g/mol. The summed E-state index contributed by atoms with van der Waals surface area (Å²) in [6.07, 6.45) is 5.85. The molecule has 6 nitrogen and oxygen atoms in total. The normalized spacial score (nSPS) is 25.2. The number of halogens is 1. The quantitative estimate of drug-likeness (QED) is 0.836. The number of rotatable bonds is 4. The van der Waals surface area contributed by atoms with E-state index in [1.807, 2.05) is 11.7 Å². The van der Waals surface area contributed by atoms with Crippen molar-refractivity contribution in [3.63, 3.8) is 0 Å². The molecular formula is C15H19FN6. The molecule has 2 unspecified atom stereocenters. The van der Waals surface area contributed by atoms with E-state index in [4.69, 9.17) is 0 Å². The number of piperidine rings is 1. The topological polar surface area (TPSA) is 50.1 Å². The molecule has 2 bridgehead atoms. The SMILES string of the molecule is Cn1ncnc1CN1C2CC1CN(Cc1cncc(F)c1)C2. The van der Waals surface area contributed by atoms with Crippen molar-refractivity contribution < 1.29 is 4.39 Å². The highest BCUT2D eigenvalue weighted by molar-refractivity contribution is 5.11. The Balaban J connectivity index is 1.37. The lowest BCUT2D eigenvalue weighted by Crippen LogP contribution is -2.67. The molecule has 2 aromatic rings. The van der Waals surface area contributed by atoms with Crippen molar-refractivity contribution in [2.24, 2.45) is 7.05 Å². The van der Waals surface area contributed by atoms with Crippen molar-refractivity contribution in [2.45, 2.75) is 31.6 Å². The average Bonchev–Trinajstić information content (AvgIpc) is 2.90. The van der Waals surface area contributed by atoms with Crippen molar-refractivity contribution in [2.75, 3.05) is 13.1 Å². The van der Waals surface area contributed by atoms with Crippen LogP contribution in [0.15, 0.2) is 24.8 Å². The van der Waals surface area contributed by atoms with Gasteiger partial charge in [0.25, 0.3) is 0 Å². The largest absolute Gasteiger partial charge is 0.296 e. The molecule has 0 saturated carbocycles. The van der Waals surface area contributed by atoms with E-state index in [2.05, 4.69) is 24.9 Å². The molecule has 7 heteroatoms. The molecule has 0 radical (unpaired) electrons. The Bertz CT molecular complexity index is 660. The maximum atomic E-state index is 13.2. The van der Waals surface area contributed by atoms with Crippen molar-refractivity contribution in [3.8, 4) is 0 Å². The minimum atomic E-state index is -0.261. The molecule has 22 heavy (non-hydrogen) atoms. The minimum Gasteiger partial charge on any atom is -0.296 e. The first-order valence-electron chi connectivity index (χ1n) is 7.59. The van der Waals surface area contributed by atoms with E-state index in [0.29, 0.717) is 12.1 Å². The van der Waals surface area contributed by atoms with E-state index >= 15 is 0 Å². The van der Waals surface area contributed by atoms with Crippen molar-refractivity contribution in [3.05, 3.63) is 42.0 Å². The van der Waals surface area contributed by atoms with Crippen LogP contribution < -0.4 is 0 Å². The standard InChI is InChI=1S/C15H19FN6/c1-20-15(18-10-19-20)9-22-13-3-14(22)8-21(7-13)6-11-2-12(16)5-17-4-11/h2,4-5,10,13-14H,3,6-9H2,1H3. The molecule has 2 aromatic heterocycles. The van der Waals surface area contributed by atoms with Gasteiger partial charge in [-0.1, -0.05) is 0 Å². The van der Waals surface area contributed by atoms with Crippen LogP contribution in [-0.4, -0.2) is 54.7 Å². The molecule has 0 amide bonds. The molecule has 3 fully saturated rings. The summed E-state index contributed by atoms with van der Waals surface area (Å²) in [6.45, 7) is 3.67. The summed E-state index contributed by atoms with van der Waals surface area (Å²) in [5.41, 5.74) is 0.946. The van der Waals surface area contributed by atoms with E-state index in [0.717, 1.165) is 37.6 Å². The highest BCUT2D eigenvalue weighted by Crippen LogP contribution is 2.33. The van der Waals surface area contributed by atoms with E-state index in [1.165, 1.54) is 12.6 Å². The van der Waals surface area contributed by atoms with Gasteiger partial charge in [-0.05, 0) is 18.1 Å². The monoisotopic (exact) mass is 302 g/mol. The number of aromatic nitrogens is 4. The van der Waals surface area contributed by atoms with Gasteiger partial charge in [-0.2, -0.15) is 5.10 Å². The van der Waals surface area contributed by atoms with Crippen LogP contribution in [0.1, 0.15) is 17.8 Å². The summed E-state index contributed by atoms with van der Waals surface area (Å²) in [5.74, 6) is 0.751. The van der Waals surface area contributed by atoms with Gasteiger partial charge in [0, 0.05) is 45.0 Å². The molecule has 116 valence electrons. The number of pyridine rings is 1. The molecule has 0 N–H and O–H groups in total. The predicted octanol–water partition coefficient (Wildman–Crippen LogP) is 0.808. The van der Waals surface area contributed by atoms with Gasteiger partial charge in [0.2, 0.25) is 0 Å². The van der Waals surface area contributed by atoms with Gasteiger partial charge in [0.1, 0.15) is 18.0 Å². The fraction of sp³-hybridized carbons (Fsp3) is 0.533. The highest BCUT2D eigenvalue weighted by Gasteiger charge is 2.44. The molecule has 0 aromatic carbocycles. The molecule has 5 rings (SSSR count). The Hall–Kier alpha value is -1.86. The Labute approximate surface area is 128 Å². The fourth-order valence-electron chi connectivity index (χ4n) is 3.59. The van der Waals surface area contributed by atoms with Gasteiger partial charge in [-0.25, -0.2) is 9.37 Å². The van der Waals surface area contributed by atoms with Crippen LogP contribution in [0.4, 0.5) is 4.39 Å². The Morgan fingerprint density at radius 3 is 2.73 bits per heavy atom. The smallest absolute Gasteiger partial charge is 0.141 e. The zero-order valence-electron chi connectivity index (χ0n) is 12.6. The molecular weight excluding hydrogens is 283 g/mol. The van der Waals surface area contributed by atoms with Crippen LogP contribution in [0.3, 0.4) is 0 Å². The van der Waals surface area contributed by atoms with Crippen LogP contribution in [-0.2, 0) is 20.1 Å². The maximum absolute atomic E-state index is 13.2. The molecule has 0 spiro atoms. The number of fused-ring (bicyclic) bond motifs is 2. The summed E-state index contributed by atoms with van der Waals surface area (Å²) in [4.78, 5) is 13.1. The van der Waals surface area contributed by atoms with Gasteiger partial charge in [0.15, 0.2) is 0 Å². The van der Waals surface area contributed by atoms with Gasteiger partial charge in [-0.15, -0.1) is 0 Å². The van der Waals surface area contributed by atoms with Gasteiger partial charge in [0.05, 0.1) is 12.7 Å². The van der Waals surface area contributed by atoms with Gasteiger partial charge in [-0.3, -0.25) is 19.5 Å². The second kappa shape index (κ2) is 5.40. The zero-order chi connectivity index (χ0) is 15.1. The van der Waals surface area contributed by atoms with Crippen LogP contribution >= 0.6 is 0 Å². The first kappa shape index (κ1) is 13.8. The van der Waals surface area contributed by atoms with E-state index < -0.39 is 0 Å². The third kappa shape index (κ3) is 2.50. The van der Waals surface area contributed by atoms with E-state index in [9.17, 15) is 4.39 Å². The third-order valence-electron chi connectivity index (χ3n) is 4.72. The van der Waals surface area contributed by atoms with Gasteiger partial charge >= 0.3 is 0 Å². The molecule has 3 aliphatic rings. The molecule has 5 heterocycles. The van der Waals surface area contributed by atoms with Crippen LogP contribution in [0, 0.1) is 5.82 Å². The first-order chi connectivity index (χ1) is 10.7. The summed E-state index contributed by atoms with van der Waals surface area (Å²) < 4.78 is 15.1. The van der Waals surface area contributed by atoms with E-state index in [1.54, 1.807) is 18.6 Å². The second-order valence-electron chi connectivity index (χ2n) is 6.22. The maximum Gasteiger partial charge on any atom is 0.141 e. The number of hydrogen-bond acceptors (Lipinski definition) is 5.